The number of benzene rings is 1. The van der Waals surface area contributed by atoms with Gasteiger partial charge in [0.15, 0.2) is 0 Å². The van der Waals surface area contributed by atoms with Gasteiger partial charge < -0.3 is 11.1 Å². The first-order chi connectivity index (χ1) is 9.41. The fraction of sp³-hybridized carbons (Fsp3) is 0.462. The molecule has 1 fully saturated rings. The smallest absolute Gasteiger partial charge is 0.240 e. The van der Waals surface area contributed by atoms with E-state index in [0.717, 1.165) is 5.56 Å². The summed E-state index contributed by atoms with van der Waals surface area (Å²) in [5.41, 5.74) is 5.82. The van der Waals surface area contributed by atoms with Crippen LogP contribution < -0.4 is 15.8 Å². The molecule has 0 heterocycles. The summed E-state index contributed by atoms with van der Waals surface area (Å²) < 4.78 is 26.0. The van der Waals surface area contributed by atoms with E-state index in [4.69, 9.17) is 5.73 Å². The number of halogens is 1. The van der Waals surface area contributed by atoms with Gasteiger partial charge in [-0.05, 0) is 18.4 Å². The molecule has 0 aliphatic heterocycles. The van der Waals surface area contributed by atoms with E-state index < -0.39 is 15.6 Å². The van der Waals surface area contributed by atoms with Gasteiger partial charge in [0.05, 0.1) is 11.3 Å². The van der Waals surface area contributed by atoms with Crippen molar-refractivity contribution in [2.24, 2.45) is 5.73 Å². The molecule has 0 spiro atoms. The van der Waals surface area contributed by atoms with Gasteiger partial charge in [-0.15, -0.1) is 12.4 Å². The zero-order chi connectivity index (χ0) is 14.6. The van der Waals surface area contributed by atoms with E-state index in [1.807, 2.05) is 30.3 Å². The molecule has 4 N–H and O–H groups in total. The Morgan fingerprint density at radius 3 is 2.43 bits per heavy atom. The number of nitrogens with one attached hydrogen (secondary N) is 2. The third kappa shape index (κ3) is 5.62. The van der Waals surface area contributed by atoms with Gasteiger partial charge in [0.1, 0.15) is 0 Å². The third-order valence-corrected chi connectivity index (χ3v) is 4.56. The summed E-state index contributed by atoms with van der Waals surface area (Å²) in [5, 5.41) is 2.56. The van der Waals surface area contributed by atoms with E-state index in [0.29, 0.717) is 12.8 Å². The molecule has 1 aromatic rings. The summed E-state index contributed by atoms with van der Waals surface area (Å²) in [4.78, 5) is 11.5. The standard InChI is InChI=1S/C13H19N3O3S.ClH/c14-13(6-7-13)12(17)15-8-9-20(18,19)16-10-11-4-2-1-3-5-11;/h1-5,16H,6-10,14H2,(H,15,17);1H. The van der Waals surface area contributed by atoms with Crippen molar-refractivity contribution in [3.8, 4) is 0 Å². The molecule has 118 valence electrons. The summed E-state index contributed by atoms with van der Waals surface area (Å²) in [6.07, 6.45) is 1.33. The van der Waals surface area contributed by atoms with Crippen molar-refractivity contribution in [2.75, 3.05) is 12.3 Å². The summed E-state index contributed by atoms with van der Waals surface area (Å²) in [5.74, 6) is -0.419. The van der Waals surface area contributed by atoms with Gasteiger partial charge in [-0.2, -0.15) is 0 Å². The van der Waals surface area contributed by atoms with Crippen LogP contribution in [0.25, 0.3) is 0 Å². The Bertz CT molecular complexity index is 574. The highest BCUT2D eigenvalue weighted by molar-refractivity contribution is 7.89. The molecule has 0 bridgehead atoms. The Labute approximate surface area is 130 Å². The van der Waals surface area contributed by atoms with Crippen LogP contribution in [0.15, 0.2) is 30.3 Å². The first kappa shape index (κ1) is 17.9. The lowest BCUT2D eigenvalue weighted by atomic mass is 10.2. The molecule has 0 aromatic heterocycles. The highest BCUT2D eigenvalue weighted by Gasteiger charge is 2.45. The number of hydrogen-bond donors (Lipinski definition) is 3. The number of nitrogens with two attached hydrogens (primary N) is 1. The predicted molar refractivity (Wildman–Crippen MR) is 83.5 cm³/mol. The molecule has 6 nitrogen and oxygen atoms in total. The number of carbonyl (C=O) groups is 1. The van der Waals surface area contributed by atoms with Crippen LogP contribution in [0.2, 0.25) is 0 Å². The second-order valence-electron chi connectivity index (χ2n) is 5.04. The second kappa shape index (κ2) is 7.22. The molecule has 8 heteroatoms. The van der Waals surface area contributed by atoms with Crippen LogP contribution >= 0.6 is 12.4 Å². The minimum Gasteiger partial charge on any atom is -0.353 e. The number of carbonyl (C=O) groups excluding carboxylic acids is 1. The summed E-state index contributed by atoms with van der Waals surface area (Å²) in [6.45, 7) is 0.319. The fourth-order valence-corrected chi connectivity index (χ4v) is 2.60. The van der Waals surface area contributed by atoms with Crippen molar-refractivity contribution in [1.82, 2.24) is 10.0 Å². The van der Waals surface area contributed by atoms with Gasteiger partial charge in [-0.25, -0.2) is 13.1 Å². The molecular weight excluding hydrogens is 314 g/mol. The van der Waals surface area contributed by atoms with Gasteiger partial charge in [0, 0.05) is 13.1 Å². The Balaban J connectivity index is 0.00000220. The van der Waals surface area contributed by atoms with Crippen molar-refractivity contribution in [3.05, 3.63) is 35.9 Å². The van der Waals surface area contributed by atoms with Crippen molar-refractivity contribution in [2.45, 2.75) is 24.9 Å². The molecule has 1 aromatic carbocycles. The fourth-order valence-electron chi connectivity index (χ4n) is 1.70. The van der Waals surface area contributed by atoms with Crippen LogP contribution in [-0.4, -0.2) is 32.2 Å². The van der Waals surface area contributed by atoms with E-state index in [9.17, 15) is 13.2 Å². The molecule has 0 saturated heterocycles. The molecule has 0 radical (unpaired) electrons. The van der Waals surface area contributed by atoms with Crippen molar-refractivity contribution in [3.63, 3.8) is 0 Å². The van der Waals surface area contributed by atoms with Crippen molar-refractivity contribution < 1.29 is 13.2 Å². The highest BCUT2D eigenvalue weighted by Crippen LogP contribution is 2.31. The van der Waals surface area contributed by atoms with Crippen molar-refractivity contribution >= 4 is 28.3 Å². The van der Waals surface area contributed by atoms with Gasteiger partial charge in [0.2, 0.25) is 15.9 Å². The van der Waals surface area contributed by atoms with Gasteiger partial charge in [-0.3, -0.25) is 4.79 Å². The van der Waals surface area contributed by atoms with E-state index >= 15 is 0 Å². The first-order valence-electron chi connectivity index (χ1n) is 6.50. The summed E-state index contributed by atoms with van der Waals surface area (Å²) in [7, 11) is -3.41. The van der Waals surface area contributed by atoms with Crippen LogP contribution in [0, 0.1) is 0 Å². The third-order valence-electron chi connectivity index (χ3n) is 3.24. The zero-order valence-corrected chi connectivity index (χ0v) is 13.2. The Morgan fingerprint density at radius 2 is 1.86 bits per heavy atom. The van der Waals surface area contributed by atoms with Gasteiger partial charge >= 0.3 is 0 Å². The average molecular weight is 334 g/mol. The minimum absolute atomic E-state index is 0. The largest absolute Gasteiger partial charge is 0.353 e. The predicted octanol–water partition coefficient (Wildman–Crippen LogP) is 0.135. The van der Waals surface area contributed by atoms with Crippen LogP contribution in [-0.2, 0) is 21.4 Å². The Hall–Kier alpha value is -1.15. The maximum absolute atomic E-state index is 11.8. The molecule has 0 atom stereocenters. The summed E-state index contributed by atoms with van der Waals surface area (Å²) in [6, 6.07) is 9.25. The Morgan fingerprint density at radius 1 is 1.24 bits per heavy atom. The number of sulfonamides is 1. The van der Waals surface area contributed by atoms with E-state index in [2.05, 4.69) is 10.0 Å². The van der Waals surface area contributed by atoms with Gasteiger partial charge in [0.25, 0.3) is 0 Å². The topological polar surface area (TPSA) is 101 Å². The average Bonchev–Trinajstić information content (AvgIpc) is 3.17. The lowest BCUT2D eigenvalue weighted by Gasteiger charge is -2.11. The quantitative estimate of drug-likeness (QED) is 0.660. The highest BCUT2D eigenvalue weighted by atomic mass is 35.5. The lowest BCUT2D eigenvalue weighted by Crippen LogP contribution is -2.44. The Kier molecular flexibility index (Phi) is 6.15. The summed E-state index contributed by atoms with van der Waals surface area (Å²) >= 11 is 0. The number of rotatable bonds is 7. The second-order valence-corrected chi connectivity index (χ2v) is 6.96. The van der Waals surface area contributed by atoms with Crippen LogP contribution in [0.1, 0.15) is 18.4 Å². The maximum Gasteiger partial charge on any atom is 0.240 e. The van der Waals surface area contributed by atoms with Crippen LogP contribution in [0.4, 0.5) is 0 Å². The zero-order valence-electron chi connectivity index (χ0n) is 11.5. The van der Waals surface area contributed by atoms with Gasteiger partial charge in [-0.1, -0.05) is 30.3 Å². The minimum atomic E-state index is -3.41. The van der Waals surface area contributed by atoms with E-state index in [1.54, 1.807) is 0 Å². The molecule has 2 rings (SSSR count). The molecular formula is C13H20ClN3O3S. The SMILES string of the molecule is Cl.NC1(C(=O)NCCS(=O)(=O)NCc2ccccc2)CC1. The number of amides is 1. The number of hydrogen-bond acceptors (Lipinski definition) is 4. The maximum atomic E-state index is 11.8. The molecule has 1 aliphatic carbocycles. The van der Waals surface area contributed by atoms with Crippen molar-refractivity contribution in [1.29, 1.82) is 0 Å². The molecule has 1 saturated carbocycles. The molecule has 21 heavy (non-hydrogen) atoms. The van der Waals surface area contributed by atoms with E-state index in [-0.39, 0.29) is 37.2 Å². The van der Waals surface area contributed by atoms with Crippen LogP contribution in [0.3, 0.4) is 0 Å². The monoisotopic (exact) mass is 333 g/mol. The van der Waals surface area contributed by atoms with Crippen LogP contribution in [0.5, 0.6) is 0 Å². The van der Waals surface area contributed by atoms with E-state index in [1.165, 1.54) is 0 Å². The molecule has 1 aliphatic rings. The normalized spacial score (nSPS) is 15.9. The molecule has 1 amide bonds. The molecule has 0 unspecified atom stereocenters. The first-order valence-corrected chi connectivity index (χ1v) is 8.15. The lowest BCUT2D eigenvalue weighted by molar-refractivity contribution is -0.123.